The summed E-state index contributed by atoms with van der Waals surface area (Å²) >= 11 is 0. The summed E-state index contributed by atoms with van der Waals surface area (Å²) in [6.45, 7) is 0.963. The van der Waals surface area contributed by atoms with Crippen molar-refractivity contribution in [2.75, 3.05) is 44.3 Å². The molecule has 18 N–H and O–H groups in total. The second-order valence-electron chi connectivity index (χ2n) is 17.0. The van der Waals surface area contributed by atoms with Crippen LogP contribution in [0.1, 0.15) is 57.9 Å². The van der Waals surface area contributed by atoms with Gasteiger partial charge in [0.1, 0.15) is 48.0 Å². The minimum absolute atomic E-state index is 0.0187. The van der Waals surface area contributed by atoms with E-state index < -0.39 is 145 Å². The Morgan fingerprint density at radius 2 is 1.37 bits per heavy atom. The Kier molecular flexibility index (Phi) is 25.0. The van der Waals surface area contributed by atoms with E-state index in [0.717, 1.165) is 26.5 Å². The molecule has 30 heteroatoms. The number of nitrogens with zero attached hydrogens (tertiary/aromatic N) is 2. The van der Waals surface area contributed by atoms with Gasteiger partial charge < -0.3 is 85.1 Å². The maximum atomic E-state index is 14.0. The van der Waals surface area contributed by atoms with Crippen molar-refractivity contribution in [3.63, 3.8) is 0 Å². The van der Waals surface area contributed by atoms with E-state index in [2.05, 4.69) is 47.5 Å². The lowest BCUT2D eigenvalue weighted by Gasteiger charge is -2.28. The van der Waals surface area contributed by atoms with Crippen molar-refractivity contribution in [2.45, 2.75) is 107 Å². The molecule has 0 aromatic heterocycles. The number of nitrogens with one attached hydrogen (secondary N) is 8. The number of rotatable bonds is 12. The van der Waals surface area contributed by atoms with Crippen LogP contribution in [0, 0.1) is 5.92 Å². The van der Waals surface area contributed by atoms with E-state index in [1.807, 2.05) is 0 Å². The van der Waals surface area contributed by atoms with Gasteiger partial charge in [-0.2, -0.15) is 0 Å². The molecule has 1 aromatic rings. The van der Waals surface area contributed by atoms with Crippen molar-refractivity contribution < 1.29 is 73.2 Å². The Labute approximate surface area is 427 Å². The fourth-order valence-corrected chi connectivity index (χ4v) is 9.49. The largest absolute Gasteiger partial charge is 0.508 e. The van der Waals surface area contributed by atoms with Crippen molar-refractivity contribution >= 4 is 92.7 Å². The number of amides is 9. The molecule has 3 rings (SSSR count). The number of hydrogen-bond donors (Lipinski definition) is 15. The number of carboxylic acids is 2. The van der Waals surface area contributed by atoms with E-state index in [9.17, 15) is 73.2 Å². The molecule has 0 saturated carbocycles. The highest BCUT2D eigenvalue weighted by molar-refractivity contribution is 8.76. The molecular weight excluding hydrogens is 1000 g/mol. The van der Waals surface area contributed by atoms with Crippen LogP contribution in [-0.4, -0.2) is 189 Å². The van der Waals surface area contributed by atoms with E-state index >= 15 is 0 Å². The highest BCUT2D eigenvalue weighted by Gasteiger charge is 2.38. The molecule has 0 spiro atoms. The highest BCUT2D eigenvalue weighted by Crippen LogP contribution is 2.23. The number of carbonyl (C=O) groups is 11. The first-order valence-corrected chi connectivity index (χ1v) is 25.6. The highest BCUT2D eigenvalue weighted by atomic mass is 33.1. The van der Waals surface area contributed by atoms with E-state index in [1.54, 1.807) is 13.8 Å². The standard InChI is InChI=1S/C43H65N13O15S2/c1-3-21(2)34-41(69)52-26(14-22-8-10-23(58)11-9-22)36(64)49-17-32(60)56-13-5-7-30(56)40(68)51-27(15-33(61)62)39(67)54-29(42(70)71)20-73-72-19-24(44)35(63)50-25(6-4-12-47-43(45)46)38(66)53-28(18-57)37(65)48-16-31(59)55-34/h8-11,21,24-30,34,57-58H,3-7,12-20,44H2,1-2H3,(H,48,65)(H,49,64)(H,50,63)(H,51,68)(H,52,69)(H,53,66)(H,54,67)(H,55,59)(H,61,62)(H,70,71)(H4,45,46,47)/t21?,24-,25-,26+,27+,28-,29+,30+,34-/m0/s1. The molecule has 1 aromatic carbocycles. The number of hydrogen-bond acceptors (Lipinski definition) is 17. The maximum absolute atomic E-state index is 14.0. The lowest BCUT2D eigenvalue weighted by atomic mass is 9.97. The fourth-order valence-electron chi connectivity index (χ4n) is 7.21. The van der Waals surface area contributed by atoms with Crippen LogP contribution in [0.5, 0.6) is 5.75 Å². The molecule has 0 bridgehead atoms. The van der Waals surface area contributed by atoms with Gasteiger partial charge in [-0.25, -0.2) is 4.79 Å². The topological polar surface area (TPSA) is 459 Å². The van der Waals surface area contributed by atoms with Crippen molar-refractivity contribution in [3.05, 3.63) is 29.8 Å². The minimum atomic E-state index is -1.81. The van der Waals surface area contributed by atoms with Crippen LogP contribution in [-0.2, 0) is 59.2 Å². The number of aliphatic hydroxyl groups excluding tert-OH is 1. The smallest absolute Gasteiger partial charge is 0.327 e. The van der Waals surface area contributed by atoms with Gasteiger partial charge in [0.2, 0.25) is 53.2 Å². The monoisotopic (exact) mass is 1070 g/mol. The first-order valence-electron chi connectivity index (χ1n) is 23.1. The molecule has 2 fully saturated rings. The van der Waals surface area contributed by atoms with Crippen LogP contribution < -0.4 is 59.7 Å². The number of fused-ring (bicyclic) bond motifs is 1. The summed E-state index contributed by atoms with van der Waals surface area (Å²) in [4.78, 5) is 151. The summed E-state index contributed by atoms with van der Waals surface area (Å²) in [5.74, 6) is -12.9. The number of phenolic OH excluding ortho intramolecular Hbond substituents is 1. The molecule has 0 aliphatic carbocycles. The molecule has 9 atom stereocenters. The quantitative estimate of drug-likeness (QED) is 0.0402. The number of nitrogens with two attached hydrogens (primary N) is 3. The molecule has 9 amide bonds. The summed E-state index contributed by atoms with van der Waals surface area (Å²) in [5, 5.41) is 58.6. The van der Waals surface area contributed by atoms with Gasteiger partial charge in [-0.15, -0.1) is 0 Å². The van der Waals surface area contributed by atoms with Gasteiger partial charge >= 0.3 is 11.9 Å². The zero-order valence-electron chi connectivity index (χ0n) is 40.1. The van der Waals surface area contributed by atoms with Gasteiger partial charge in [-0.1, -0.05) is 54.0 Å². The zero-order valence-corrected chi connectivity index (χ0v) is 41.8. The number of carbonyl (C=O) groups excluding carboxylic acids is 9. The van der Waals surface area contributed by atoms with Crippen LogP contribution in [0.3, 0.4) is 0 Å². The first-order chi connectivity index (χ1) is 34.5. The number of phenols is 1. The predicted octanol–water partition coefficient (Wildman–Crippen LogP) is -5.56. The third kappa shape index (κ3) is 20.3. The number of aliphatic hydroxyl groups is 1. The third-order valence-electron chi connectivity index (χ3n) is 11.5. The molecule has 2 aliphatic rings. The summed E-state index contributed by atoms with van der Waals surface area (Å²) < 4.78 is 0. The molecule has 2 heterocycles. The fraction of sp³-hybridized carbons (Fsp3) is 0.581. The normalized spacial score (nSPS) is 25.8. The van der Waals surface area contributed by atoms with E-state index in [4.69, 9.17) is 17.2 Å². The molecule has 2 saturated heterocycles. The molecule has 2 aliphatic heterocycles. The Bertz CT molecular complexity index is 2190. The molecule has 1 unspecified atom stereocenters. The summed E-state index contributed by atoms with van der Waals surface area (Å²) in [6.07, 6.45) is -0.469. The second kappa shape index (κ2) is 30.2. The summed E-state index contributed by atoms with van der Waals surface area (Å²) in [7, 11) is 1.77. The minimum Gasteiger partial charge on any atom is -0.508 e. The lowest BCUT2D eigenvalue weighted by Crippen LogP contribution is -2.59. The Morgan fingerprint density at radius 3 is 2.00 bits per heavy atom. The van der Waals surface area contributed by atoms with Crippen LogP contribution >= 0.6 is 21.6 Å². The van der Waals surface area contributed by atoms with Crippen LogP contribution in [0.25, 0.3) is 0 Å². The molecule has 404 valence electrons. The number of aliphatic carboxylic acids is 2. The van der Waals surface area contributed by atoms with Gasteiger partial charge in [0.15, 0.2) is 5.96 Å². The Balaban J connectivity index is 1.98. The van der Waals surface area contributed by atoms with Crippen molar-refractivity contribution in [2.24, 2.45) is 28.1 Å². The SMILES string of the molecule is CCC(C)[C@@H]1NC(=O)CNC(=O)[C@H](CO)NC(=O)[C@H](CCCN=C(N)N)NC(=O)[C@@H](N)CSSC[C@H](C(=O)O)NC(=O)[C@@H](CC(=O)O)NC(=O)[C@H]2CCCN2C(=O)CNC(=O)[C@@H](Cc2ccc(O)cc2)NC1=O. The average molecular weight is 1070 g/mol. The van der Waals surface area contributed by atoms with Gasteiger partial charge in [-0.3, -0.25) is 52.9 Å². The van der Waals surface area contributed by atoms with Gasteiger partial charge in [0, 0.05) is 31.0 Å². The third-order valence-corrected chi connectivity index (χ3v) is 13.9. The van der Waals surface area contributed by atoms with Gasteiger partial charge in [0.25, 0.3) is 0 Å². The molecular formula is C43H65N13O15S2. The van der Waals surface area contributed by atoms with E-state index in [-0.39, 0.29) is 62.0 Å². The number of aliphatic imine (C=N–C) groups is 1. The van der Waals surface area contributed by atoms with E-state index in [1.165, 1.54) is 24.3 Å². The van der Waals surface area contributed by atoms with Gasteiger partial charge in [-0.05, 0) is 49.3 Å². The number of guanidine groups is 1. The average Bonchev–Trinajstić information content (AvgIpc) is 3.85. The summed E-state index contributed by atoms with van der Waals surface area (Å²) in [5.41, 5.74) is 17.3. The molecule has 73 heavy (non-hydrogen) atoms. The lowest BCUT2D eigenvalue weighted by molar-refractivity contribution is -0.144. The van der Waals surface area contributed by atoms with Crippen LogP contribution in [0.15, 0.2) is 29.3 Å². The Hall–Kier alpha value is -6.92. The number of benzene rings is 1. The van der Waals surface area contributed by atoms with Crippen molar-refractivity contribution in [1.82, 2.24) is 47.4 Å². The molecule has 0 radical (unpaired) electrons. The van der Waals surface area contributed by atoms with E-state index in [0.29, 0.717) is 18.4 Å². The van der Waals surface area contributed by atoms with Crippen molar-refractivity contribution in [1.29, 1.82) is 0 Å². The van der Waals surface area contributed by atoms with Crippen molar-refractivity contribution in [3.8, 4) is 5.75 Å². The van der Waals surface area contributed by atoms with Gasteiger partial charge in [0.05, 0.1) is 32.2 Å². The first kappa shape index (κ1) is 60.4. The second-order valence-corrected chi connectivity index (χ2v) is 19.6. The number of carboxylic acid groups (broad SMARTS) is 2. The van der Waals surface area contributed by atoms with Crippen LogP contribution in [0.2, 0.25) is 0 Å². The zero-order chi connectivity index (χ0) is 54.4. The Morgan fingerprint density at radius 1 is 0.767 bits per heavy atom. The summed E-state index contributed by atoms with van der Waals surface area (Å²) in [6, 6.07) is -6.17. The molecule has 28 nitrogen and oxygen atoms in total. The van der Waals surface area contributed by atoms with Crippen LogP contribution in [0.4, 0.5) is 0 Å². The number of aromatic hydroxyl groups is 1. The maximum Gasteiger partial charge on any atom is 0.327 e. The predicted molar refractivity (Wildman–Crippen MR) is 263 cm³/mol.